The van der Waals surface area contributed by atoms with Crippen LogP contribution in [0.2, 0.25) is 0 Å². The maximum absolute atomic E-state index is 13.5. The summed E-state index contributed by atoms with van der Waals surface area (Å²) in [5.41, 5.74) is -0.247. The lowest BCUT2D eigenvalue weighted by Crippen LogP contribution is -2.42. The molecule has 2 heterocycles. The summed E-state index contributed by atoms with van der Waals surface area (Å²) in [5.74, 6) is -1.05. The summed E-state index contributed by atoms with van der Waals surface area (Å²) >= 11 is 0. The molecule has 0 bridgehead atoms. The minimum Gasteiger partial charge on any atom is -0.379 e. The second-order valence-electron chi connectivity index (χ2n) is 5.86. The first-order valence-corrected chi connectivity index (χ1v) is 8.39. The van der Waals surface area contributed by atoms with E-state index in [1.54, 1.807) is 0 Å². The van der Waals surface area contributed by atoms with Crippen LogP contribution in [0.25, 0.3) is 10.9 Å². The van der Waals surface area contributed by atoms with Gasteiger partial charge >= 0.3 is 0 Å². The van der Waals surface area contributed by atoms with E-state index in [2.05, 4.69) is 15.3 Å². The fourth-order valence-electron chi connectivity index (χ4n) is 2.89. The van der Waals surface area contributed by atoms with Crippen LogP contribution in [0.3, 0.4) is 0 Å². The van der Waals surface area contributed by atoms with Crippen molar-refractivity contribution in [1.82, 2.24) is 20.0 Å². The lowest BCUT2D eigenvalue weighted by atomic mass is 10.2. The average molecular weight is 348 g/mol. The fraction of sp³-hybridized carbons (Fsp3) is 0.471. The number of benzene rings is 1. The van der Waals surface area contributed by atoms with Gasteiger partial charge in [-0.1, -0.05) is 0 Å². The highest BCUT2D eigenvalue weighted by molar-refractivity contribution is 5.95. The van der Waals surface area contributed by atoms with Crippen LogP contribution >= 0.6 is 0 Å². The number of hydrogen-bond donors (Lipinski definition) is 1. The Hall–Kier alpha value is -2.32. The van der Waals surface area contributed by atoms with Gasteiger partial charge in [0.1, 0.15) is 5.82 Å². The normalized spacial score (nSPS) is 15.4. The fourth-order valence-corrected chi connectivity index (χ4v) is 2.89. The first-order valence-electron chi connectivity index (χ1n) is 8.39. The average Bonchev–Trinajstić information content (AvgIpc) is 2.63. The van der Waals surface area contributed by atoms with Crippen LogP contribution in [0.15, 0.2) is 23.0 Å². The summed E-state index contributed by atoms with van der Waals surface area (Å²) in [6.45, 7) is 6.43. The highest BCUT2D eigenvalue weighted by Gasteiger charge is 2.18. The molecule has 1 saturated heterocycles. The lowest BCUT2D eigenvalue weighted by molar-refractivity contribution is 0.0383. The molecule has 0 atom stereocenters. The van der Waals surface area contributed by atoms with Gasteiger partial charge in [-0.2, -0.15) is 5.10 Å². The Morgan fingerprint density at radius 1 is 1.36 bits per heavy atom. The van der Waals surface area contributed by atoms with E-state index in [4.69, 9.17) is 4.74 Å². The van der Waals surface area contributed by atoms with E-state index in [0.717, 1.165) is 19.2 Å². The Kier molecular flexibility index (Phi) is 5.40. The van der Waals surface area contributed by atoms with Gasteiger partial charge in [-0.05, 0) is 25.1 Å². The number of fused-ring (bicyclic) bond motifs is 1. The number of rotatable bonds is 5. The molecule has 0 spiro atoms. The number of hydrogen-bond acceptors (Lipinski definition) is 5. The van der Waals surface area contributed by atoms with Crippen LogP contribution in [-0.2, 0) is 11.3 Å². The van der Waals surface area contributed by atoms with Crippen molar-refractivity contribution in [2.45, 2.75) is 13.5 Å². The highest BCUT2D eigenvalue weighted by Crippen LogP contribution is 2.12. The number of nitrogens with one attached hydrogen (secondary N) is 1. The van der Waals surface area contributed by atoms with E-state index in [1.165, 1.54) is 16.8 Å². The first kappa shape index (κ1) is 17.5. The maximum atomic E-state index is 13.5. The Labute approximate surface area is 144 Å². The van der Waals surface area contributed by atoms with Gasteiger partial charge in [0.2, 0.25) is 5.43 Å². The topological polar surface area (TPSA) is 76.5 Å². The highest BCUT2D eigenvalue weighted by atomic mass is 19.1. The van der Waals surface area contributed by atoms with Crippen LogP contribution in [0, 0.1) is 5.82 Å². The molecule has 1 aliphatic heterocycles. The summed E-state index contributed by atoms with van der Waals surface area (Å²) in [6.07, 6.45) is 0. The summed E-state index contributed by atoms with van der Waals surface area (Å²) in [6, 6.07) is 3.93. The second kappa shape index (κ2) is 7.71. The Morgan fingerprint density at radius 3 is 2.84 bits per heavy atom. The minimum absolute atomic E-state index is 0.162. The Balaban J connectivity index is 1.78. The van der Waals surface area contributed by atoms with Crippen molar-refractivity contribution in [3.8, 4) is 0 Å². The quantitative estimate of drug-likeness (QED) is 0.857. The molecule has 25 heavy (non-hydrogen) atoms. The van der Waals surface area contributed by atoms with Crippen LogP contribution < -0.4 is 10.7 Å². The number of aromatic nitrogens is 2. The molecule has 134 valence electrons. The summed E-state index contributed by atoms with van der Waals surface area (Å²) in [5, 5.41) is 7.04. The molecule has 1 N–H and O–H groups in total. The van der Waals surface area contributed by atoms with Gasteiger partial charge in [0.15, 0.2) is 5.69 Å². The predicted molar refractivity (Wildman–Crippen MR) is 91.2 cm³/mol. The molecule has 1 aromatic heterocycles. The molecular formula is C17H21FN4O3. The number of ether oxygens (including phenoxy) is 1. The minimum atomic E-state index is -0.553. The molecule has 0 aliphatic carbocycles. The van der Waals surface area contributed by atoms with Crippen molar-refractivity contribution in [3.05, 3.63) is 39.9 Å². The maximum Gasteiger partial charge on any atom is 0.275 e. The van der Waals surface area contributed by atoms with Gasteiger partial charge < -0.3 is 10.1 Å². The van der Waals surface area contributed by atoms with E-state index in [9.17, 15) is 14.0 Å². The second-order valence-corrected chi connectivity index (χ2v) is 5.86. The number of carbonyl (C=O) groups excluding carboxylic acids is 1. The van der Waals surface area contributed by atoms with E-state index in [-0.39, 0.29) is 11.1 Å². The molecule has 2 aromatic rings. The van der Waals surface area contributed by atoms with E-state index >= 15 is 0 Å². The van der Waals surface area contributed by atoms with E-state index in [1.807, 2.05) is 6.92 Å². The van der Waals surface area contributed by atoms with E-state index < -0.39 is 17.2 Å². The smallest absolute Gasteiger partial charge is 0.275 e. The molecule has 8 heteroatoms. The Morgan fingerprint density at radius 2 is 2.12 bits per heavy atom. The first-order chi connectivity index (χ1) is 12.1. The zero-order valence-corrected chi connectivity index (χ0v) is 14.1. The molecule has 1 aliphatic rings. The molecule has 3 rings (SSSR count). The largest absolute Gasteiger partial charge is 0.379 e. The molecule has 0 saturated carbocycles. The molecule has 7 nitrogen and oxygen atoms in total. The van der Waals surface area contributed by atoms with Crippen molar-refractivity contribution in [2.24, 2.45) is 0 Å². The van der Waals surface area contributed by atoms with Crippen LogP contribution in [0.4, 0.5) is 4.39 Å². The predicted octanol–water partition coefficient (Wildman–Crippen LogP) is 0.618. The Bertz CT molecular complexity index is 830. The zero-order valence-electron chi connectivity index (χ0n) is 14.1. The van der Waals surface area contributed by atoms with Gasteiger partial charge in [-0.3, -0.25) is 19.2 Å². The molecule has 1 amide bonds. The van der Waals surface area contributed by atoms with Gasteiger partial charge in [0.25, 0.3) is 5.91 Å². The van der Waals surface area contributed by atoms with Gasteiger partial charge in [-0.25, -0.2) is 4.39 Å². The number of carbonyl (C=O) groups is 1. The SMILES string of the molecule is CCn1nc(C(=O)NCCN2CCOCC2)c(=O)c2cc(F)ccc21. The summed E-state index contributed by atoms with van der Waals surface area (Å²) in [4.78, 5) is 27.1. The van der Waals surface area contributed by atoms with Crippen LogP contribution in [0.5, 0.6) is 0 Å². The number of halogens is 1. The van der Waals surface area contributed by atoms with Gasteiger partial charge in [-0.15, -0.1) is 0 Å². The standard InChI is InChI=1S/C17H21FN4O3/c1-2-22-14-4-3-12(18)11-13(14)16(23)15(20-22)17(24)19-5-6-21-7-9-25-10-8-21/h3-4,11H,2,5-10H2,1H3,(H,19,24). The van der Waals surface area contributed by atoms with Crippen molar-refractivity contribution in [2.75, 3.05) is 39.4 Å². The monoisotopic (exact) mass is 348 g/mol. The lowest BCUT2D eigenvalue weighted by Gasteiger charge is -2.26. The summed E-state index contributed by atoms with van der Waals surface area (Å²) in [7, 11) is 0. The third kappa shape index (κ3) is 3.85. The van der Waals surface area contributed by atoms with Crippen molar-refractivity contribution >= 4 is 16.8 Å². The third-order valence-electron chi connectivity index (χ3n) is 4.25. The van der Waals surface area contributed by atoms with Gasteiger partial charge in [0.05, 0.1) is 24.1 Å². The van der Waals surface area contributed by atoms with Gasteiger partial charge in [0, 0.05) is 32.7 Å². The number of amides is 1. The zero-order chi connectivity index (χ0) is 17.8. The van der Waals surface area contributed by atoms with Crippen LogP contribution in [0.1, 0.15) is 17.4 Å². The molecule has 0 unspecified atom stereocenters. The van der Waals surface area contributed by atoms with Crippen molar-refractivity contribution in [3.63, 3.8) is 0 Å². The summed E-state index contributed by atoms with van der Waals surface area (Å²) < 4.78 is 20.3. The molecule has 0 radical (unpaired) electrons. The van der Waals surface area contributed by atoms with Crippen molar-refractivity contribution in [1.29, 1.82) is 0 Å². The number of nitrogens with zero attached hydrogens (tertiary/aromatic N) is 3. The third-order valence-corrected chi connectivity index (χ3v) is 4.25. The molecule has 1 fully saturated rings. The van der Waals surface area contributed by atoms with E-state index in [0.29, 0.717) is 38.4 Å². The molecule has 1 aromatic carbocycles. The van der Waals surface area contributed by atoms with Crippen molar-refractivity contribution < 1.29 is 13.9 Å². The van der Waals surface area contributed by atoms with Crippen LogP contribution in [-0.4, -0.2) is 60.0 Å². The number of aryl methyl sites for hydroxylation is 1. The number of morpholine rings is 1. The molecular weight excluding hydrogens is 327 g/mol.